The Bertz CT molecular complexity index is 713. The molecule has 3 rings (SSSR count). The second kappa shape index (κ2) is 8.81. The lowest BCUT2D eigenvalue weighted by molar-refractivity contribution is 0.00682. The Kier molecular flexibility index (Phi) is 6.48. The van der Waals surface area contributed by atoms with Crippen molar-refractivity contribution < 1.29 is 14.0 Å². The van der Waals surface area contributed by atoms with Gasteiger partial charge in [0.05, 0.1) is 12.2 Å². The largest absolute Gasteiger partial charge is 0.381 e. The molecule has 2 aromatic carbocycles. The van der Waals surface area contributed by atoms with Crippen molar-refractivity contribution in [1.29, 1.82) is 0 Å². The monoisotopic (exact) mass is 370 g/mol. The second-order valence-corrected chi connectivity index (χ2v) is 9.69. The Balaban J connectivity index is 1.91. The molecule has 0 saturated heterocycles. The summed E-state index contributed by atoms with van der Waals surface area (Å²) in [4.78, 5) is 0. The van der Waals surface area contributed by atoms with Crippen molar-refractivity contribution in [2.24, 2.45) is 0 Å². The second-order valence-electron chi connectivity index (χ2n) is 6.82. The van der Waals surface area contributed by atoms with Gasteiger partial charge in [-0.3, -0.25) is 0 Å². The minimum Gasteiger partial charge on any atom is -0.381 e. The van der Waals surface area contributed by atoms with Gasteiger partial charge in [0.25, 0.3) is 0 Å². The number of benzene rings is 2. The minimum absolute atomic E-state index is 0.174. The fourth-order valence-electron chi connectivity index (χ4n) is 3.61. The maximum atomic E-state index is 14.1. The third kappa shape index (κ3) is 4.35. The Hall–Kier alpha value is -1.67. The molecule has 2 aromatic rings. The van der Waals surface area contributed by atoms with Crippen molar-refractivity contribution in [3.63, 3.8) is 0 Å². The van der Waals surface area contributed by atoms with E-state index in [0.29, 0.717) is 6.16 Å². The molecule has 138 valence electrons. The molecule has 0 N–H and O–H groups in total. The van der Waals surface area contributed by atoms with E-state index in [2.05, 4.69) is 6.08 Å². The third-order valence-corrected chi connectivity index (χ3v) is 8.12. The van der Waals surface area contributed by atoms with Crippen molar-refractivity contribution in [3.05, 3.63) is 72.3 Å². The zero-order valence-electron chi connectivity index (χ0n) is 15.5. The summed E-state index contributed by atoms with van der Waals surface area (Å²) >= 11 is 0. The van der Waals surface area contributed by atoms with E-state index in [0.717, 1.165) is 29.9 Å². The van der Waals surface area contributed by atoms with Gasteiger partial charge in [0.1, 0.15) is 7.14 Å². The quantitative estimate of drug-likeness (QED) is 0.566. The van der Waals surface area contributed by atoms with Crippen LogP contribution in [0.5, 0.6) is 0 Å². The van der Waals surface area contributed by atoms with Gasteiger partial charge in [0.15, 0.2) is 0 Å². The highest BCUT2D eigenvalue weighted by Crippen LogP contribution is 2.44. The van der Waals surface area contributed by atoms with Crippen LogP contribution in [0.2, 0.25) is 0 Å². The summed E-state index contributed by atoms with van der Waals surface area (Å²) < 4.78 is 25.2. The maximum Gasteiger partial charge on any atom is 0.146 e. The molecule has 0 aromatic heterocycles. The van der Waals surface area contributed by atoms with Crippen LogP contribution in [-0.2, 0) is 14.0 Å². The van der Waals surface area contributed by atoms with Crippen LogP contribution in [0.25, 0.3) is 0 Å². The van der Waals surface area contributed by atoms with Crippen LogP contribution in [0.15, 0.2) is 72.3 Å². The van der Waals surface area contributed by atoms with Gasteiger partial charge in [-0.1, -0.05) is 72.3 Å². The van der Waals surface area contributed by atoms with E-state index in [1.165, 1.54) is 5.57 Å². The Labute approximate surface area is 156 Å². The first-order valence-electron chi connectivity index (χ1n) is 9.09. The zero-order chi connectivity index (χ0) is 18.4. The van der Waals surface area contributed by atoms with E-state index in [9.17, 15) is 4.57 Å². The molecular formula is C22H27O3P. The smallest absolute Gasteiger partial charge is 0.146 e. The molecule has 0 heterocycles. The summed E-state index contributed by atoms with van der Waals surface area (Å²) in [6.07, 6.45) is 5.74. The van der Waals surface area contributed by atoms with E-state index in [1.807, 2.05) is 60.7 Å². The molecule has 0 bridgehead atoms. The molecule has 0 aliphatic heterocycles. The predicted molar refractivity (Wildman–Crippen MR) is 108 cm³/mol. The SMILES string of the molecule is COC1CC(=CCP(=O)(c2ccccc2)c2ccccc2)CC(OC)C1. The van der Waals surface area contributed by atoms with Gasteiger partial charge in [-0.25, -0.2) is 0 Å². The van der Waals surface area contributed by atoms with Gasteiger partial charge in [-0.15, -0.1) is 0 Å². The maximum absolute atomic E-state index is 14.1. The summed E-state index contributed by atoms with van der Waals surface area (Å²) in [6, 6.07) is 19.7. The van der Waals surface area contributed by atoms with Crippen molar-refractivity contribution in [2.45, 2.75) is 31.5 Å². The fraction of sp³-hybridized carbons (Fsp3) is 0.364. The Morgan fingerprint density at radius 1 is 0.885 bits per heavy atom. The van der Waals surface area contributed by atoms with Crippen molar-refractivity contribution in [2.75, 3.05) is 20.4 Å². The van der Waals surface area contributed by atoms with Gasteiger partial charge >= 0.3 is 0 Å². The van der Waals surface area contributed by atoms with Gasteiger partial charge < -0.3 is 14.0 Å². The highest BCUT2D eigenvalue weighted by atomic mass is 31.2. The molecule has 2 unspecified atom stereocenters. The molecule has 2 atom stereocenters. The first-order chi connectivity index (χ1) is 12.7. The number of ether oxygens (including phenoxy) is 2. The molecule has 26 heavy (non-hydrogen) atoms. The van der Waals surface area contributed by atoms with Gasteiger partial charge in [0, 0.05) is 37.4 Å². The Morgan fingerprint density at radius 3 is 1.77 bits per heavy atom. The highest BCUT2D eigenvalue weighted by Gasteiger charge is 2.28. The van der Waals surface area contributed by atoms with Crippen LogP contribution < -0.4 is 10.6 Å². The van der Waals surface area contributed by atoms with Crippen LogP contribution in [0.1, 0.15) is 19.3 Å². The molecule has 0 radical (unpaired) electrons. The van der Waals surface area contributed by atoms with Crippen molar-refractivity contribution in [1.82, 2.24) is 0 Å². The average Bonchev–Trinajstić information content (AvgIpc) is 2.73. The molecule has 0 spiro atoms. The standard InChI is InChI=1S/C22H27O3P/c1-24-19-15-18(16-20(17-19)25-2)13-14-26(23,21-9-5-3-6-10-21)22-11-7-4-8-12-22/h3-13,19-20H,14-17H2,1-2H3. The summed E-state index contributed by atoms with van der Waals surface area (Å²) in [5, 5.41) is 1.82. The molecule has 1 fully saturated rings. The fourth-order valence-corrected chi connectivity index (χ4v) is 6.15. The van der Waals surface area contributed by atoms with E-state index >= 15 is 0 Å². The lowest BCUT2D eigenvalue weighted by Crippen LogP contribution is -2.28. The molecule has 3 nitrogen and oxygen atoms in total. The summed E-state index contributed by atoms with van der Waals surface area (Å²) in [7, 11) is 0.793. The lowest BCUT2D eigenvalue weighted by Gasteiger charge is -2.30. The van der Waals surface area contributed by atoms with Gasteiger partial charge in [-0.2, -0.15) is 0 Å². The first-order valence-corrected chi connectivity index (χ1v) is 11.0. The van der Waals surface area contributed by atoms with Crippen LogP contribution in [0.4, 0.5) is 0 Å². The molecule has 0 amide bonds. The molecule has 1 aliphatic carbocycles. The van der Waals surface area contributed by atoms with Crippen molar-refractivity contribution >= 4 is 17.8 Å². The number of rotatable bonds is 6. The molecule has 1 aliphatic rings. The minimum atomic E-state index is -2.71. The summed E-state index contributed by atoms with van der Waals surface area (Å²) in [5.74, 6) is 0. The molecular weight excluding hydrogens is 343 g/mol. The van der Waals surface area contributed by atoms with Crippen LogP contribution in [-0.4, -0.2) is 32.6 Å². The van der Waals surface area contributed by atoms with Crippen molar-refractivity contribution in [3.8, 4) is 0 Å². The molecule has 4 heteroatoms. The Morgan fingerprint density at radius 2 is 1.35 bits per heavy atom. The van der Waals surface area contributed by atoms with Crippen LogP contribution >= 0.6 is 7.14 Å². The van der Waals surface area contributed by atoms with Gasteiger partial charge in [-0.05, 0) is 12.8 Å². The third-order valence-electron chi connectivity index (χ3n) is 5.16. The molecule has 1 saturated carbocycles. The average molecular weight is 370 g/mol. The number of allylic oxidation sites excluding steroid dienone is 1. The van der Waals surface area contributed by atoms with Crippen LogP contribution in [0, 0.1) is 0 Å². The number of methoxy groups -OCH3 is 2. The zero-order valence-corrected chi connectivity index (χ0v) is 16.4. The van der Waals surface area contributed by atoms with E-state index < -0.39 is 7.14 Å². The van der Waals surface area contributed by atoms with E-state index in [4.69, 9.17) is 9.47 Å². The predicted octanol–water partition coefficient (Wildman–Crippen LogP) is 4.14. The number of hydrogen-bond acceptors (Lipinski definition) is 3. The van der Waals surface area contributed by atoms with E-state index in [-0.39, 0.29) is 12.2 Å². The van der Waals surface area contributed by atoms with E-state index in [1.54, 1.807) is 14.2 Å². The number of hydrogen-bond donors (Lipinski definition) is 0. The first kappa shape index (κ1) is 19.1. The van der Waals surface area contributed by atoms with Gasteiger partial charge in [0.2, 0.25) is 0 Å². The normalized spacial score (nSPS) is 20.8. The topological polar surface area (TPSA) is 35.5 Å². The highest BCUT2D eigenvalue weighted by molar-refractivity contribution is 7.78. The van der Waals surface area contributed by atoms with Crippen LogP contribution in [0.3, 0.4) is 0 Å². The summed E-state index contributed by atoms with van der Waals surface area (Å²) in [6.45, 7) is 0. The summed E-state index contributed by atoms with van der Waals surface area (Å²) in [5.41, 5.74) is 1.28. The lowest BCUT2D eigenvalue weighted by atomic mass is 9.90.